The first kappa shape index (κ1) is 15.9. The van der Waals surface area contributed by atoms with Crippen LogP contribution in [0.2, 0.25) is 0 Å². The lowest BCUT2D eigenvalue weighted by atomic mass is 10.1. The predicted molar refractivity (Wildman–Crippen MR) is 78.6 cm³/mol. The van der Waals surface area contributed by atoms with E-state index in [4.69, 9.17) is 0 Å². The van der Waals surface area contributed by atoms with Gasteiger partial charge in [0.05, 0.1) is 9.82 Å². The highest BCUT2D eigenvalue weighted by molar-refractivity contribution is 7.89. The topological polar surface area (TPSA) is 92.6 Å². The van der Waals surface area contributed by atoms with Crippen LogP contribution in [0.3, 0.4) is 0 Å². The molecule has 0 amide bonds. The van der Waals surface area contributed by atoms with Crippen molar-refractivity contribution in [2.24, 2.45) is 0 Å². The summed E-state index contributed by atoms with van der Waals surface area (Å²) in [5, 5.41) is 14.0. The number of benzene rings is 1. The molecule has 1 aromatic carbocycles. The van der Waals surface area contributed by atoms with Gasteiger partial charge in [0.25, 0.3) is 5.69 Å². The zero-order valence-corrected chi connectivity index (χ0v) is 12.7. The Balaban J connectivity index is 2.27. The van der Waals surface area contributed by atoms with Gasteiger partial charge in [0.2, 0.25) is 10.0 Å². The highest BCUT2D eigenvalue weighted by Crippen LogP contribution is 2.24. The number of hydrogen-bond donors (Lipinski definition) is 1. The van der Waals surface area contributed by atoms with Gasteiger partial charge in [0.1, 0.15) is 0 Å². The summed E-state index contributed by atoms with van der Waals surface area (Å²) in [6.45, 7) is 1.67. The molecule has 1 aliphatic rings. The molecule has 0 aliphatic carbocycles. The molecule has 116 valence electrons. The lowest BCUT2D eigenvalue weighted by Gasteiger charge is -2.26. The lowest BCUT2D eigenvalue weighted by Crippen LogP contribution is -2.37. The molecule has 1 fully saturated rings. The SMILES string of the molecule is CN(C1CCCNCC1)S(=O)(=O)c1cccc([N+](=O)[O-])c1. The molecule has 1 atom stereocenters. The van der Waals surface area contributed by atoms with Crippen molar-refractivity contribution in [2.45, 2.75) is 30.2 Å². The van der Waals surface area contributed by atoms with E-state index in [0.29, 0.717) is 0 Å². The minimum atomic E-state index is -3.71. The highest BCUT2D eigenvalue weighted by atomic mass is 32.2. The van der Waals surface area contributed by atoms with E-state index in [1.54, 1.807) is 7.05 Å². The molecule has 8 heteroatoms. The van der Waals surface area contributed by atoms with Gasteiger partial charge >= 0.3 is 0 Å². The molecule has 2 rings (SSSR count). The molecule has 7 nitrogen and oxygen atoms in total. The van der Waals surface area contributed by atoms with Gasteiger partial charge in [0.15, 0.2) is 0 Å². The molecule has 0 aromatic heterocycles. The smallest absolute Gasteiger partial charge is 0.270 e. The zero-order chi connectivity index (χ0) is 15.5. The second-order valence-electron chi connectivity index (χ2n) is 5.11. The summed E-state index contributed by atoms with van der Waals surface area (Å²) in [5.41, 5.74) is -0.216. The standard InChI is InChI=1S/C13H19N3O4S/c1-15(11-5-3-8-14-9-7-11)21(19,20)13-6-2-4-12(10-13)16(17)18/h2,4,6,10-11,14H,3,5,7-9H2,1H3. The van der Waals surface area contributed by atoms with Crippen molar-refractivity contribution in [3.63, 3.8) is 0 Å². The second kappa shape index (κ2) is 6.50. The van der Waals surface area contributed by atoms with Crippen LogP contribution in [0.25, 0.3) is 0 Å². The molecule has 1 aromatic rings. The third-order valence-corrected chi connectivity index (χ3v) is 5.67. The number of nitrogens with zero attached hydrogens (tertiary/aromatic N) is 2. The molecule has 1 aliphatic heterocycles. The Kier molecular flexibility index (Phi) is 4.92. The fourth-order valence-electron chi connectivity index (χ4n) is 2.48. The number of sulfonamides is 1. The third kappa shape index (κ3) is 3.58. The van der Waals surface area contributed by atoms with E-state index in [0.717, 1.165) is 38.4 Å². The van der Waals surface area contributed by atoms with E-state index in [-0.39, 0.29) is 16.6 Å². The Morgan fingerprint density at radius 3 is 2.81 bits per heavy atom. The molecule has 1 saturated heterocycles. The summed E-state index contributed by atoms with van der Waals surface area (Å²) < 4.78 is 26.5. The summed E-state index contributed by atoms with van der Waals surface area (Å²) in [5.74, 6) is 0. The summed E-state index contributed by atoms with van der Waals surface area (Å²) in [7, 11) is -2.16. The molecule has 1 N–H and O–H groups in total. The maximum absolute atomic E-state index is 12.6. The Morgan fingerprint density at radius 2 is 2.10 bits per heavy atom. The van der Waals surface area contributed by atoms with Crippen molar-refractivity contribution in [2.75, 3.05) is 20.1 Å². The highest BCUT2D eigenvalue weighted by Gasteiger charge is 2.29. The average molecular weight is 313 g/mol. The van der Waals surface area contributed by atoms with Crippen molar-refractivity contribution in [3.05, 3.63) is 34.4 Å². The second-order valence-corrected chi connectivity index (χ2v) is 7.11. The van der Waals surface area contributed by atoms with Crippen molar-refractivity contribution < 1.29 is 13.3 Å². The Morgan fingerprint density at radius 1 is 1.33 bits per heavy atom. The van der Waals surface area contributed by atoms with E-state index in [9.17, 15) is 18.5 Å². The van der Waals surface area contributed by atoms with E-state index in [1.807, 2.05) is 0 Å². The fourth-order valence-corrected chi connectivity index (χ4v) is 3.94. The van der Waals surface area contributed by atoms with Crippen LogP contribution in [-0.2, 0) is 10.0 Å². The van der Waals surface area contributed by atoms with Gasteiger partial charge in [-0.15, -0.1) is 0 Å². The number of nitrogens with one attached hydrogen (secondary N) is 1. The van der Waals surface area contributed by atoms with Crippen molar-refractivity contribution in [1.29, 1.82) is 0 Å². The normalized spacial score (nSPS) is 20.2. The van der Waals surface area contributed by atoms with Crippen molar-refractivity contribution in [3.8, 4) is 0 Å². The van der Waals surface area contributed by atoms with Crippen LogP contribution in [0.4, 0.5) is 5.69 Å². The van der Waals surface area contributed by atoms with Crippen LogP contribution in [0.1, 0.15) is 19.3 Å². The van der Waals surface area contributed by atoms with Crippen LogP contribution >= 0.6 is 0 Å². The molecule has 1 heterocycles. The summed E-state index contributed by atoms with van der Waals surface area (Å²) in [6, 6.07) is 5.11. The molecule has 21 heavy (non-hydrogen) atoms. The monoisotopic (exact) mass is 313 g/mol. The molecule has 0 saturated carbocycles. The number of non-ortho nitro benzene ring substituents is 1. The van der Waals surface area contributed by atoms with Gasteiger partial charge in [-0.1, -0.05) is 6.07 Å². The predicted octanol–water partition coefficient (Wildman–Crippen LogP) is 1.36. The number of rotatable bonds is 4. The van der Waals surface area contributed by atoms with Crippen molar-refractivity contribution in [1.82, 2.24) is 9.62 Å². The van der Waals surface area contributed by atoms with Gasteiger partial charge in [-0.2, -0.15) is 4.31 Å². The number of nitro groups is 1. The third-order valence-electron chi connectivity index (χ3n) is 3.76. The van der Waals surface area contributed by atoms with Gasteiger partial charge in [0, 0.05) is 25.2 Å². The minimum Gasteiger partial charge on any atom is -0.317 e. The molecular formula is C13H19N3O4S. The first-order valence-corrected chi connectivity index (χ1v) is 8.30. The van der Waals surface area contributed by atoms with Crippen LogP contribution in [0.5, 0.6) is 0 Å². The maximum atomic E-state index is 12.6. The van der Waals surface area contributed by atoms with Crippen LogP contribution < -0.4 is 5.32 Å². The van der Waals surface area contributed by atoms with E-state index < -0.39 is 14.9 Å². The van der Waals surface area contributed by atoms with Gasteiger partial charge in [-0.05, 0) is 38.4 Å². The largest absolute Gasteiger partial charge is 0.317 e. The maximum Gasteiger partial charge on any atom is 0.270 e. The first-order valence-electron chi connectivity index (χ1n) is 6.86. The van der Waals surface area contributed by atoms with Crippen molar-refractivity contribution >= 4 is 15.7 Å². The van der Waals surface area contributed by atoms with Crippen LogP contribution in [-0.4, -0.2) is 43.8 Å². The lowest BCUT2D eigenvalue weighted by molar-refractivity contribution is -0.385. The Bertz CT molecular complexity index is 610. The zero-order valence-electron chi connectivity index (χ0n) is 11.9. The molecule has 0 spiro atoms. The number of nitro benzene ring substituents is 1. The fraction of sp³-hybridized carbons (Fsp3) is 0.538. The van der Waals surface area contributed by atoms with Gasteiger partial charge in [-0.3, -0.25) is 10.1 Å². The van der Waals surface area contributed by atoms with Crippen LogP contribution in [0.15, 0.2) is 29.2 Å². The quantitative estimate of drug-likeness (QED) is 0.669. The molecule has 1 unspecified atom stereocenters. The molecular weight excluding hydrogens is 294 g/mol. The average Bonchev–Trinajstić information content (AvgIpc) is 2.75. The van der Waals surface area contributed by atoms with Gasteiger partial charge in [-0.25, -0.2) is 8.42 Å². The Hall–Kier alpha value is -1.51. The van der Waals surface area contributed by atoms with E-state index in [2.05, 4.69) is 5.32 Å². The number of hydrogen-bond acceptors (Lipinski definition) is 5. The van der Waals surface area contributed by atoms with E-state index in [1.165, 1.54) is 22.5 Å². The molecule has 0 bridgehead atoms. The van der Waals surface area contributed by atoms with E-state index >= 15 is 0 Å². The minimum absolute atomic E-state index is 0.0311. The summed E-state index contributed by atoms with van der Waals surface area (Å²) in [4.78, 5) is 10.2. The van der Waals surface area contributed by atoms with Crippen LogP contribution in [0, 0.1) is 10.1 Å². The van der Waals surface area contributed by atoms with Gasteiger partial charge < -0.3 is 5.32 Å². The molecule has 0 radical (unpaired) electrons. The summed E-state index contributed by atoms with van der Waals surface area (Å²) >= 11 is 0. The summed E-state index contributed by atoms with van der Waals surface area (Å²) in [6.07, 6.45) is 2.45. The Labute approximate surface area is 124 Å². The first-order chi connectivity index (χ1) is 9.93.